The number of nitrogens with one attached hydrogen (secondary N) is 1. The second kappa shape index (κ2) is 8.25. The smallest absolute Gasteiger partial charge is 0.341 e. The van der Waals surface area contributed by atoms with Crippen LogP contribution in [0.25, 0.3) is 0 Å². The molecular formula is C15H17ClN2O5S. The Morgan fingerprint density at radius 1 is 1.46 bits per heavy atom. The van der Waals surface area contributed by atoms with E-state index in [4.69, 9.17) is 21.4 Å². The van der Waals surface area contributed by atoms with Crippen LogP contribution in [0.1, 0.15) is 13.3 Å². The van der Waals surface area contributed by atoms with Crippen LogP contribution in [-0.4, -0.2) is 52.1 Å². The van der Waals surface area contributed by atoms with Gasteiger partial charge in [0.2, 0.25) is 11.8 Å². The van der Waals surface area contributed by atoms with Gasteiger partial charge in [-0.3, -0.25) is 9.59 Å². The van der Waals surface area contributed by atoms with E-state index in [2.05, 4.69) is 5.32 Å². The molecule has 2 rings (SSSR count). The second-order valence-corrected chi connectivity index (χ2v) is 6.46. The van der Waals surface area contributed by atoms with Gasteiger partial charge < -0.3 is 20.1 Å². The third kappa shape index (κ3) is 4.55. The van der Waals surface area contributed by atoms with Crippen molar-refractivity contribution in [2.45, 2.75) is 19.4 Å². The van der Waals surface area contributed by atoms with E-state index in [9.17, 15) is 14.4 Å². The molecule has 1 heterocycles. The number of nitrogens with zero attached hydrogens (tertiary/aromatic N) is 1. The predicted octanol–water partition coefficient (Wildman–Crippen LogP) is 2.05. The summed E-state index contributed by atoms with van der Waals surface area (Å²) in [6.45, 7) is 1.26. The lowest BCUT2D eigenvalue weighted by molar-refractivity contribution is -0.139. The number of aliphatic carboxylic acids is 1. The summed E-state index contributed by atoms with van der Waals surface area (Å²) in [6.07, 6.45) is 0.353. The van der Waals surface area contributed by atoms with Crippen molar-refractivity contribution in [1.82, 2.24) is 4.90 Å². The van der Waals surface area contributed by atoms with Crippen molar-refractivity contribution in [2.75, 3.05) is 23.6 Å². The monoisotopic (exact) mass is 372 g/mol. The molecule has 0 aliphatic carbocycles. The van der Waals surface area contributed by atoms with Crippen molar-refractivity contribution in [1.29, 1.82) is 0 Å². The molecular weight excluding hydrogens is 356 g/mol. The maximum absolute atomic E-state index is 12.4. The van der Waals surface area contributed by atoms with Crippen molar-refractivity contribution in [3.8, 4) is 5.75 Å². The summed E-state index contributed by atoms with van der Waals surface area (Å²) in [6, 6.07) is 4.02. The summed E-state index contributed by atoms with van der Waals surface area (Å²) in [5, 5.41) is 11.5. The average Bonchev–Trinajstić information content (AvgIpc) is 3.03. The second-order valence-electron chi connectivity index (χ2n) is 5.05. The predicted molar refractivity (Wildman–Crippen MR) is 91.5 cm³/mol. The van der Waals surface area contributed by atoms with E-state index >= 15 is 0 Å². The number of rotatable bonds is 6. The number of carboxylic acids is 1. The van der Waals surface area contributed by atoms with Gasteiger partial charge in [0.05, 0.1) is 10.9 Å². The van der Waals surface area contributed by atoms with E-state index < -0.39 is 18.6 Å². The fourth-order valence-electron chi connectivity index (χ4n) is 2.17. The number of amides is 2. The van der Waals surface area contributed by atoms with Gasteiger partial charge in [0.1, 0.15) is 11.8 Å². The first-order valence-electron chi connectivity index (χ1n) is 7.24. The van der Waals surface area contributed by atoms with Gasteiger partial charge in [-0.05, 0) is 18.2 Å². The molecule has 1 unspecified atom stereocenters. The fourth-order valence-corrected chi connectivity index (χ4v) is 3.59. The molecule has 1 aromatic carbocycles. The number of hydrogen-bond donors (Lipinski definition) is 2. The third-order valence-electron chi connectivity index (χ3n) is 3.36. The van der Waals surface area contributed by atoms with E-state index in [0.717, 1.165) is 0 Å². The minimum absolute atomic E-state index is 0.0596. The van der Waals surface area contributed by atoms with Gasteiger partial charge in [-0.1, -0.05) is 18.5 Å². The van der Waals surface area contributed by atoms with Gasteiger partial charge in [-0.25, -0.2) is 4.79 Å². The van der Waals surface area contributed by atoms with Crippen molar-refractivity contribution >= 4 is 46.8 Å². The molecule has 1 saturated heterocycles. The standard InChI is InChI=1S/C15H17ClN2O5S/c1-2-13(19)18-8-24-7-11(18)15(22)17-9-3-4-12(10(16)5-9)23-6-14(20)21/h3-5,11H,2,6-8H2,1H3,(H,17,22)(H,20,21). The van der Waals surface area contributed by atoms with Gasteiger partial charge in [0, 0.05) is 17.9 Å². The van der Waals surface area contributed by atoms with E-state index in [-0.39, 0.29) is 22.6 Å². The summed E-state index contributed by atoms with van der Waals surface area (Å²) in [5.41, 5.74) is 0.452. The number of anilines is 1. The number of carbonyl (C=O) groups excluding carboxylic acids is 2. The Kier molecular flexibility index (Phi) is 6.33. The number of halogens is 1. The zero-order chi connectivity index (χ0) is 17.7. The third-order valence-corrected chi connectivity index (χ3v) is 4.67. The minimum atomic E-state index is -1.11. The zero-order valence-electron chi connectivity index (χ0n) is 13.0. The highest BCUT2D eigenvalue weighted by Crippen LogP contribution is 2.28. The molecule has 9 heteroatoms. The number of ether oxygens (including phenoxy) is 1. The molecule has 24 heavy (non-hydrogen) atoms. The highest BCUT2D eigenvalue weighted by atomic mass is 35.5. The topological polar surface area (TPSA) is 95.9 Å². The summed E-state index contributed by atoms with van der Waals surface area (Å²) >= 11 is 7.55. The van der Waals surface area contributed by atoms with Crippen molar-refractivity contribution in [3.63, 3.8) is 0 Å². The average molecular weight is 373 g/mol. The van der Waals surface area contributed by atoms with Crippen LogP contribution in [0, 0.1) is 0 Å². The first kappa shape index (κ1) is 18.4. The van der Waals surface area contributed by atoms with Crippen LogP contribution >= 0.6 is 23.4 Å². The van der Waals surface area contributed by atoms with Gasteiger partial charge in [0.15, 0.2) is 6.61 Å². The number of benzene rings is 1. The van der Waals surface area contributed by atoms with Crippen molar-refractivity contribution in [2.24, 2.45) is 0 Å². The Hall–Kier alpha value is -1.93. The van der Waals surface area contributed by atoms with Crippen LogP contribution in [-0.2, 0) is 14.4 Å². The van der Waals surface area contributed by atoms with Crippen LogP contribution in [0.4, 0.5) is 5.69 Å². The molecule has 0 bridgehead atoms. The Labute approximate surface area is 148 Å². The van der Waals surface area contributed by atoms with Crippen molar-refractivity contribution < 1.29 is 24.2 Å². The Morgan fingerprint density at radius 2 is 2.21 bits per heavy atom. The van der Waals surface area contributed by atoms with E-state index in [1.165, 1.54) is 23.9 Å². The quantitative estimate of drug-likeness (QED) is 0.793. The van der Waals surface area contributed by atoms with E-state index in [0.29, 0.717) is 23.7 Å². The number of carbonyl (C=O) groups is 3. The molecule has 0 radical (unpaired) electrons. The van der Waals surface area contributed by atoms with E-state index in [1.54, 1.807) is 17.9 Å². The summed E-state index contributed by atoms with van der Waals surface area (Å²) < 4.78 is 5.02. The lowest BCUT2D eigenvalue weighted by Gasteiger charge is -2.22. The molecule has 2 N–H and O–H groups in total. The molecule has 1 atom stereocenters. The number of thioether (sulfide) groups is 1. The molecule has 130 valence electrons. The summed E-state index contributed by atoms with van der Waals surface area (Å²) in [7, 11) is 0. The molecule has 1 fully saturated rings. The highest BCUT2D eigenvalue weighted by Gasteiger charge is 2.33. The van der Waals surface area contributed by atoms with Crippen LogP contribution in [0.5, 0.6) is 5.75 Å². The maximum atomic E-state index is 12.4. The summed E-state index contributed by atoms with van der Waals surface area (Å²) in [5.74, 6) is -0.176. The maximum Gasteiger partial charge on any atom is 0.341 e. The summed E-state index contributed by atoms with van der Waals surface area (Å²) in [4.78, 5) is 36.3. The van der Waals surface area contributed by atoms with Crippen molar-refractivity contribution in [3.05, 3.63) is 23.2 Å². The largest absolute Gasteiger partial charge is 0.480 e. The number of hydrogen-bond acceptors (Lipinski definition) is 5. The molecule has 0 spiro atoms. The van der Waals surface area contributed by atoms with E-state index in [1.807, 2.05) is 0 Å². The van der Waals surface area contributed by atoms with Crippen LogP contribution < -0.4 is 10.1 Å². The molecule has 1 aliphatic heterocycles. The van der Waals surface area contributed by atoms with Crippen LogP contribution in [0.15, 0.2) is 18.2 Å². The van der Waals surface area contributed by atoms with Gasteiger partial charge >= 0.3 is 5.97 Å². The molecule has 2 amide bonds. The highest BCUT2D eigenvalue weighted by molar-refractivity contribution is 7.99. The Morgan fingerprint density at radius 3 is 2.83 bits per heavy atom. The molecule has 1 aliphatic rings. The first-order valence-corrected chi connectivity index (χ1v) is 8.77. The van der Waals surface area contributed by atoms with Gasteiger partial charge in [0.25, 0.3) is 0 Å². The first-order chi connectivity index (χ1) is 11.4. The number of carboxylic acid groups (broad SMARTS) is 1. The van der Waals surface area contributed by atoms with Crippen LogP contribution in [0.3, 0.4) is 0 Å². The van der Waals surface area contributed by atoms with Gasteiger partial charge in [-0.2, -0.15) is 0 Å². The lowest BCUT2D eigenvalue weighted by Crippen LogP contribution is -2.44. The lowest BCUT2D eigenvalue weighted by atomic mass is 10.2. The normalized spacial score (nSPS) is 16.8. The Balaban J connectivity index is 2.02. The molecule has 1 aromatic rings. The molecule has 7 nitrogen and oxygen atoms in total. The van der Waals surface area contributed by atoms with Crippen LogP contribution in [0.2, 0.25) is 5.02 Å². The van der Waals surface area contributed by atoms with Gasteiger partial charge in [-0.15, -0.1) is 11.8 Å². The molecule has 0 saturated carbocycles. The SMILES string of the molecule is CCC(=O)N1CSCC1C(=O)Nc1ccc(OCC(=O)O)c(Cl)c1. The fraction of sp³-hybridized carbons (Fsp3) is 0.400. The molecule has 0 aromatic heterocycles. The Bertz CT molecular complexity index is 655. The minimum Gasteiger partial charge on any atom is -0.480 e. The zero-order valence-corrected chi connectivity index (χ0v) is 14.5.